The molecule has 3 nitrogen and oxygen atoms in total. The molecule has 0 saturated carbocycles. The Balaban J connectivity index is 1.59. The van der Waals surface area contributed by atoms with Crippen LogP contribution in [0.1, 0.15) is 81.5 Å². The van der Waals surface area contributed by atoms with Crippen molar-refractivity contribution in [3.8, 4) is 5.75 Å². The van der Waals surface area contributed by atoms with Crippen LogP contribution in [-0.2, 0) is 11.2 Å². The number of amides is 1. The zero-order valence-corrected chi connectivity index (χ0v) is 19.0. The van der Waals surface area contributed by atoms with Crippen LogP contribution < -0.4 is 4.74 Å². The number of benzene rings is 2. The van der Waals surface area contributed by atoms with Crippen LogP contribution in [0, 0.1) is 0 Å². The number of carbonyl (C=O) groups excluding carboxylic acids is 1. The molecule has 0 radical (unpaired) electrons. The molecule has 2 aliphatic rings. The van der Waals surface area contributed by atoms with Gasteiger partial charge in [0.25, 0.3) is 0 Å². The second-order valence-electron chi connectivity index (χ2n) is 8.74. The summed E-state index contributed by atoms with van der Waals surface area (Å²) in [4.78, 5) is 15.5. The molecule has 3 heteroatoms. The first kappa shape index (κ1) is 21.7. The molecule has 0 aromatic heterocycles. The lowest BCUT2D eigenvalue weighted by atomic mass is 9.88. The van der Waals surface area contributed by atoms with Gasteiger partial charge in [0.1, 0.15) is 5.75 Å². The summed E-state index contributed by atoms with van der Waals surface area (Å²) in [6, 6.07) is 17.2. The molecule has 0 N–H and O–H groups in total. The van der Waals surface area contributed by atoms with Crippen LogP contribution >= 0.6 is 0 Å². The summed E-state index contributed by atoms with van der Waals surface area (Å²) >= 11 is 0. The highest BCUT2D eigenvalue weighted by Crippen LogP contribution is 2.47. The molecule has 164 valence electrons. The molecule has 2 aromatic carbocycles. The normalized spacial score (nSPS) is 17.5. The van der Waals surface area contributed by atoms with Gasteiger partial charge in [-0.15, -0.1) is 0 Å². The van der Waals surface area contributed by atoms with E-state index in [2.05, 4.69) is 48.2 Å². The summed E-state index contributed by atoms with van der Waals surface area (Å²) < 4.78 is 5.65. The molecule has 31 heavy (non-hydrogen) atoms. The number of carbonyl (C=O) groups is 1. The smallest absolute Gasteiger partial charge is 0.223 e. The van der Waals surface area contributed by atoms with E-state index in [4.69, 9.17) is 4.74 Å². The number of nitrogens with zero attached hydrogens (tertiary/aromatic N) is 1. The molecule has 0 saturated heterocycles. The van der Waals surface area contributed by atoms with Gasteiger partial charge in [-0.2, -0.15) is 0 Å². The van der Waals surface area contributed by atoms with E-state index in [9.17, 15) is 4.79 Å². The average molecular weight is 418 g/mol. The second kappa shape index (κ2) is 10.2. The van der Waals surface area contributed by atoms with Gasteiger partial charge in [0.05, 0.1) is 12.6 Å². The Morgan fingerprint density at radius 3 is 2.55 bits per heavy atom. The first-order valence-corrected chi connectivity index (χ1v) is 12.0. The predicted octanol–water partition coefficient (Wildman–Crippen LogP) is 6.73. The van der Waals surface area contributed by atoms with E-state index < -0.39 is 0 Å². The summed E-state index contributed by atoms with van der Waals surface area (Å²) in [5.41, 5.74) is 6.86. The van der Waals surface area contributed by atoms with Gasteiger partial charge in [0.15, 0.2) is 0 Å². The van der Waals surface area contributed by atoms with Crippen LogP contribution in [0.4, 0.5) is 0 Å². The van der Waals surface area contributed by atoms with Gasteiger partial charge < -0.3 is 9.64 Å². The Labute approximate surface area is 187 Å². The Bertz CT molecular complexity index is 928. The molecule has 2 aromatic rings. The highest BCUT2D eigenvalue weighted by Gasteiger charge is 2.37. The third-order valence-corrected chi connectivity index (χ3v) is 6.68. The van der Waals surface area contributed by atoms with Crippen LogP contribution in [0.25, 0.3) is 5.57 Å². The van der Waals surface area contributed by atoms with Crippen molar-refractivity contribution in [3.05, 3.63) is 70.8 Å². The summed E-state index contributed by atoms with van der Waals surface area (Å²) in [6.45, 7) is 5.70. The largest absolute Gasteiger partial charge is 0.494 e. The van der Waals surface area contributed by atoms with E-state index in [1.54, 1.807) is 0 Å². The minimum atomic E-state index is 0.0370. The van der Waals surface area contributed by atoms with E-state index in [1.165, 1.54) is 47.1 Å². The molecule has 0 bridgehead atoms. The van der Waals surface area contributed by atoms with Gasteiger partial charge >= 0.3 is 0 Å². The minimum Gasteiger partial charge on any atom is -0.494 e. The summed E-state index contributed by atoms with van der Waals surface area (Å²) in [7, 11) is 0. The van der Waals surface area contributed by atoms with Crippen molar-refractivity contribution in [3.63, 3.8) is 0 Å². The fourth-order valence-electron chi connectivity index (χ4n) is 5.15. The Morgan fingerprint density at radius 1 is 1.00 bits per heavy atom. The first-order valence-electron chi connectivity index (χ1n) is 12.0. The van der Waals surface area contributed by atoms with Crippen molar-refractivity contribution in [2.75, 3.05) is 13.2 Å². The second-order valence-corrected chi connectivity index (χ2v) is 8.74. The third kappa shape index (κ3) is 4.71. The van der Waals surface area contributed by atoms with E-state index in [0.717, 1.165) is 38.0 Å². The predicted molar refractivity (Wildman–Crippen MR) is 127 cm³/mol. The molecule has 1 atom stereocenters. The third-order valence-electron chi connectivity index (χ3n) is 6.68. The van der Waals surface area contributed by atoms with Crippen LogP contribution in [0.5, 0.6) is 5.75 Å². The molecule has 1 amide bonds. The van der Waals surface area contributed by atoms with E-state index in [-0.39, 0.29) is 6.04 Å². The molecule has 4 rings (SSSR count). The lowest BCUT2D eigenvalue weighted by molar-refractivity contribution is -0.133. The van der Waals surface area contributed by atoms with Gasteiger partial charge in [-0.25, -0.2) is 0 Å². The maximum Gasteiger partial charge on any atom is 0.223 e. The van der Waals surface area contributed by atoms with Gasteiger partial charge in [-0.1, -0.05) is 69.0 Å². The zero-order valence-electron chi connectivity index (χ0n) is 19.0. The van der Waals surface area contributed by atoms with Crippen LogP contribution in [-0.4, -0.2) is 24.0 Å². The van der Waals surface area contributed by atoms with Crippen molar-refractivity contribution in [2.45, 2.75) is 71.3 Å². The maximum atomic E-state index is 13.3. The average Bonchev–Trinajstić information content (AvgIpc) is 3.18. The lowest BCUT2D eigenvalue weighted by Gasteiger charge is -2.38. The monoisotopic (exact) mass is 417 g/mol. The van der Waals surface area contributed by atoms with Crippen molar-refractivity contribution >= 4 is 11.5 Å². The maximum absolute atomic E-state index is 13.3. The quantitative estimate of drug-likeness (QED) is 0.423. The Morgan fingerprint density at radius 2 is 1.77 bits per heavy atom. The molecule has 0 spiro atoms. The summed E-state index contributed by atoms with van der Waals surface area (Å²) in [5.74, 6) is 1.19. The SMILES string of the molecule is CCCCCCCC(=O)N1CCC2=C(Cc3ccccc32)C1c1ccc(OCC)cc1. The standard InChI is InChI=1S/C28H35NO2/c1-3-5-6-7-8-13-27(30)29-19-18-25-24-12-10-9-11-22(24)20-26(25)28(29)21-14-16-23(17-15-21)31-4-2/h9-12,14-17,28H,3-8,13,18-20H2,1-2H3. The Hall–Kier alpha value is -2.55. The summed E-state index contributed by atoms with van der Waals surface area (Å²) in [5, 5.41) is 0. The first-order chi connectivity index (χ1) is 15.2. The van der Waals surface area contributed by atoms with Crippen molar-refractivity contribution in [2.24, 2.45) is 0 Å². The van der Waals surface area contributed by atoms with Gasteiger partial charge in [-0.3, -0.25) is 4.79 Å². The van der Waals surface area contributed by atoms with Crippen LogP contribution in [0.3, 0.4) is 0 Å². The van der Waals surface area contributed by atoms with Crippen LogP contribution in [0.15, 0.2) is 54.1 Å². The minimum absolute atomic E-state index is 0.0370. The Kier molecular flexibility index (Phi) is 7.11. The number of hydrogen-bond acceptors (Lipinski definition) is 2. The highest BCUT2D eigenvalue weighted by atomic mass is 16.5. The van der Waals surface area contributed by atoms with Gasteiger partial charge in [0, 0.05) is 13.0 Å². The van der Waals surface area contributed by atoms with E-state index >= 15 is 0 Å². The fraction of sp³-hybridized carbons (Fsp3) is 0.464. The van der Waals surface area contributed by atoms with Gasteiger partial charge in [0.2, 0.25) is 5.91 Å². The van der Waals surface area contributed by atoms with Crippen LogP contribution in [0.2, 0.25) is 0 Å². The van der Waals surface area contributed by atoms with Crippen molar-refractivity contribution < 1.29 is 9.53 Å². The number of ether oxygens (including phenoxy) is 1. The lowest BCUT2D eigenvalue weighted by Crippen LogP contribution is -2.39. The molecule has 1 aliphatic heterocycles. The highest BCUT2D eigenvalue weighted by molar-refractivity contribution is 5.83. The molecular formula is C28H35NO2. The van der Waals surface area contributed by atoms with E-state index in [0.29, 0.717) is 18.9 Å². The van der Waals surface area contributed by atoms with Gasteiger partial charge in [-0.05, 0) is 66.2 Å². The van der Waals surface area contributed by atoms with Crippen molar-refractivity contribution in [1.29, 1.82) is 0 Å². The zero-order chi connectivity index (χ0) is 21.6. The summed E-state index contributed by atoms with van der Waals surface area (Å²) in [6.07, 6.45) is 8.45. The fourth-order valence-corrected chi connectivity index (χ4v) is 5.15. The number of hydrogen-bond donors (Lipinski definition) is 0. The number of rotatable bonds is 9. The van der Waals surface area contributed by atoms with Crippen molar-refractivity contribution in [1.82, 2.24) is 4.90 Å². The number of fused-ring (bicyclic) bond motifs is 2. The molecule has 1 heterocycles. The van der Waals surface area contributed by atoms with E-state index in [1.807, 2.05) is 19.1 Å². The molecular weight excluding hydrogens is 382 g/mol. The molecule has 0 fully saturated rings. The topological polar surface area (TPSA) is 29.5 Å². The number of unbranched alkanes of at least 4 members (excludes halogenated alkanes) is 4. The molecule has 1 aliphatic carbocycles. The molecule has 1 unspecified atom stereocenters.